The molecule has 4 nitrogen and oxygen atoms in total. The van der Waals surface area contributed by atoms with Crippen molar-refractivity contribution in [2.75, 3.05) is 5.32 Å². The second kappa shape index (κ2) is 6.73. The van der Waals surface area contributed by atoms with Crippen molar-refractivity contribution in [2.45, 2.75) is 35.4 Å². The molecule has 25 heavy (non-hydrogen) atoms. The van der Waals surface area contributed by atoms with Crippen molar-refractivity contribution in [1.82, 2.24) is 5.32 Å². The van der Waals surface area contributed by atoms with E-state index in [9.17, 15) is 9.59 Å². The molecule has 0 aromatic heterocycles. The van der Waals surface area contributed by atoms with Crippen LogP contribution in [0.1, 0.15) is 30.0 Å². The van der Waals surface area contributed by atoms with Gasteiger partial charge in [-0.25, -0.2) is 0 Å². The molecule has 0 spiro atoms. The lowest BCUT2D eigenvalue weighted by Gasteiger charge is -2.24. The molecule has 1 aliphatic carbocycles. The molecule has 2 aliphatic rings. The van der Waals surface area contributed by atoms with E-state index in [0.717, 1.165) is 17.7 Å². The largest absolute Gasteiger partial charge is 0.349 e. The molecule has 0 fully saturated rings. The maximum absolute atomic E-state index is 12.5. The lowest BCUT2D eigenvalue weighted by molar-refractivity contribution is -0.124. The summed E-state index contributed by atoms with van der Waals surface area (Å²) in [6, 6.07) is 13.6. The second-order valence-electron chi connectivity index (χ2n) is 6.30. The fourth-order valence-electron chi connectivity index (χ4n) is 3.39. The molecule has 0 radical (unpaired) electrons. The first-order chi connectivity index (χ1) is 12.1. The SMILES string of the molecule is O=C(C[C@H]1Sc2ccc(Cl)cc2NC1=O)N[C@H]1CCc2ccccc21. The van der Waals surface area contributed by atoms with E-state index in [0.29, 0.717) is 10.7 Å². The summed E-state index contributed by atoms with van der Waals surface area (Å²) in [6.45, 7) is 0. The number of halogens is 1. The highest BCUT2D eigenvalue weighted by atomic mass is 35.5. The summed E-state index contributed by atoms with van der Waals surface area (Å²) >= 11 is 7.37. The summed E-state index contributed by atoms with van der Waals surface area (Å²) in [5.41, 5.74) is 3.20. The Morgan fingerprint density at radius 2 is 2.12 bits per heavy atom. The van der Waals surface area contributed by atoms with Crippen molar-refractivity contribution in [3.05, 3.63) is 58.6 Å². The van der Waals surface area contributed by atoms with Crippen LogP contribution in [-0.2, 0) is 16.0 Å². The van der Waals surface area contributed by atoms with Crippen LogP contribution in [0.2, 0.25) is 5.02 Å². The Bertz CT molecular complexity index is 855. The van der Waals surface area contributed by atoms with Crippen LogP contribution >= 0.6 is 23.4 Å². The number of nitrogens with one attached hydrogen (secondary N) is 2. The summed E-state index contributed by atoms with van der Waals surface area (Å²) < 4.78 is 0. The van der Waals surface area contributed by atoms with E-state index in [1.54, 1.807) is 12.1 Å². The van der Waals surface area contributed by atoms with E-state index in [4.69, 9.17) is 11.6 Å². The molecule has 0 bridgehead atoms. The number of carbonyl (C=O) groups is 2. The van der Waals surface area contributed by atoms with E-state index in [1.165, 1.54) is 22.9 Å². The molecule has 4 rings (SSSR count). The van der Waals surface area contributed by atoms with Gasteiger partial charge in [0.2, 0.25) is 11.8 Å². The summed E-state index contributed by atoms with van der Waals surface area (Å²) in [6.07, 6.45) is 2.06. The highest BCUT2D eigenvalue weighted by Crippen LogP contribution is 2.38. The first-order valence-electron chi connectivity index (χ1n) is 8.24. The number of benzene rings is 2. The number of fused-ring (bicyclic) bond motifs is 2. The van der Waals surface area contributed by atoms with Gasteiger partial charge in [-0.15, -0.1) is 11.8 Å². The zero-order valence-corrected chi connectivity index (χ0v) is 15.0. The Hall–Kier alpha value is -1.98. The lowest BCUT2D eigenvalue weighted by Crippen LogP contribution is -2.35. The van der Waals surface area contributed by atoms with Gasteiger partial charge >= 0.3 is 0 Å². The number of hydrogen-bond donors (Lipinski definition) is 2. The average molecular weight is 373 g/mol. The quantitative estimate of drug-likeness (QED) is 0.857. The van der Waals surface area contributed by atoms with Gasteiger partial charge in [0, 0.05) is 16.3 Å². The van der Waals surface area contributed by atoms with Crippen molar-refractivity contribution in [1.29, 1.82) is 0 Å². The van der Waals surface area contributed by atoms with Gasteiger partial charge in [-0.3, -0.25) is 9.59 Å². The average Bonchev–Trinajstić information content (AvgIpc) is 2.99. The van der Waals surface area contributed by atoms with E-state index in [-0.39, 0.29) is 24.3 Å². The van der Waals surface area contributed by atoms with E-state index in [2.05, 4.69) is 22.8 Å². The Kier molecular flexibility index (Phi) is 4.44. The predicted octanol–water partition coefficient (Wildman–Crippen LogP) is 3.95. The second-order valence-corrected chi connectivity index (χ2v) is 7.98. The van der Waals surface area contributed by atoms with Crippen LogP contribution in [0.5, 0.6) is 0 Å². The van der Waals surface area contributed by atoms with Crippen LogP contribution in [0.3, 0.4) is 0 Å². The zero-order chi connectivity index (χ0) is 17.4. The van der Waals surface area contributed by atoms with Gasteiger partial charge in [0.05, 0.1) is 17.0 Å². The first kappa shape index (κ1) is 16.5. The molecule has 2 aromatic rings. The van der Waals surface area contributed by atoms with Gasteiger partial charge in [0.1, 0.15) is 0 Å². The first-order valence-corrected chi connectivity index (χ1v) is 9.50. The third kappa shape index (κ3) is 3.39. The Labute approximate surface area is 155 Å². The Balaban J connectivity index is 1.42. The minimum Gasteiger partial charge on any atom is -0.349 e. The molecule has 128 valence electrons. The molecule has 0 saturated heterocycles. The predicted molar refractivity (Wildman–Crippen MR) is 100.0 cm³/mol. The third-order valence-corrected chi connectivity index (χ3v) is 6.11. The van der Waals surface area contributed by atoms with Gasteiger partial charge in [-0.2, -0.15) is 0 Å². The molecule has 1 heterocycles. The summed E-state index contributed by atoms with van der Waals surface area (Å²) in [5, 5.41) is 6.08. The maximum Gasteiger partial charge on any atom is 0.238 e. The Morgan fingerprint density at radius 3 is 3.00 bits per heavy atom. The molecule has 0 unspecified atom stereocenters. The van der Waals surface area contributed by atoms with Gasteiger partial charge in [0.25, 0.3) is 0 Å². The lowest BCUT2D eigenvalue weighted by atomic mass is 10.1. The van der Waals surface area contributed by atoms with Crippen molar-refractivity contribution in [3.63, 3.8) is 0 Å². The third-order valence-electron chi connectivity index (χ3n) is 4.60. The number of rotatable bonds is 3. The van der Waals surface area contributed by atoms with E-state index in [1.807, 2.05) is 18.2 Å². The number of anilines is 1. The highest BCUT2D eigenvalue weighted by molar-refractivity contribution is 8.01. The summed E-state index contributed by atoms with van der Waals surface area (Å²) in [4.78, 5) is 25.7. The number of hydrogen-bond acceptors (Lipinski definition) is 3. The zero-order valence-electron chi connectivity index (χ0n) is 13.4. The normalized spacial score (nSPS) is 21.2. The summed E-state index contributed by atoms with van der Waals surface area (Å²) in [5.74, 6) is -0.242. The van der Waals surface area contributed by atoms with Crippen LogP contribution in [0.25, 0.3) is 0 Å². The topological polar surface area (TPSA) is 58.2 Å². The number of carbonyl (C=O) groups excluding carboxylic acids is 2. The maximum atomic E-state index is 12.5. The van der Waals surface area contributed by atoms with Crippen LogP contribution in [-0.4, -0.2) is 17.1 Å². The van der Waals surface area contributed by atoms with Gasteiger partial charge in [0.15, 0.2) is 0 Å². The molecule has 2 atom stereocenters. The highest BCUT2D eigenvalue weighted by Gasteiger charge is 2.30. The van der Waals surface area contributed by atoms with Gasteiger partial charge in [-0.1, -0.05) is 35.9 Å². The van der Waals surface area contributed by atoms with Crippen LogP contribution in [0.4, 0.5) is 5.69 Å². The van der Waals surface area contributed by atoms with Crippen molar-refractivity contribution < 1.29 is 9.59 Å². The van der Waals surface area contributed by atoms with Crippen molar-refractivity contribution in [3.8, 4) is 0 Å². The van der Waals surface area contributed by atoms with E-state index < -0.39 is 5.25 Å². The minimum absolute atomic E-state index is 0.0476. The molecule has 2 N–H and O–H groups in total. The molecule has 1 aliphatic heterocycles. The standard InChI is InChI=1S/C19H17ClN2O2S/c20-12-6-8-16-15(9-12)22-19(24)17(25-16)10-18(23)21-14-7-5-11-3-1-2-4-13(11)14/h1-4,6,8-9,14,17H,5,7,10H2,(H,21,23)(H,22,24)/t14-,17+/m0/s1. The van der Waals surface area contributed by atoms with Crippen LogP contribution in [0.15, 0.2) is 47.4 Å². The molecular formula is C19H17ClN2O2S. The van der Waals surface area contributed by atoms with Gasteiger partial charge < -0.3 is 10.6 Å². The van der Waals surface area contributed by atoms with E-state index >= 15 is 0 Å². The Morgan fingerprint density at radius 1 is 1.28 bits per heavy atom. The van der Waals surface area contributed by atoms with Gasteiger partial charge in [-0.05, 0) is 42.2 Å². The molecule has 2 amide bonds. The number of thioether (sulfide) groups is 1. The molecule has 6 heteroatoms. The minimum atomic E-state index is -0.426. The smallest absolute Gasteiger partial charge is 0.238 e. The summed E-state index contributed by atoms with van der Waals surface area (Å²) in [7, 11) is 0. The van der Waals surface area contributed by atoms with Crippen molar-refractivity contribution in [2.24, 2.45) is 0 Å². The number of amides is 2. The number of aryl methyl sites for hydroxylation is 1. The molecule has 0 saturated carbocycles. The molecule has 2 aromatic carbocycles. The van der Waals surface area contributed by atoms with Crippen molar-refractivity contribution >= 4 is 40.9 Å². The molecular weight excluding hydrogens is 356 g/mol. The monoisotopic (exact) mass is 372 g/mol. The fraction of sp³-hybridized carbons (Fsp3) is 0.263. The fourth-order valence-corrected chi connectivity index (χ4v) is 4.65. The van der Waals surface area contributed by atoms with Crippen LogP contribution < -0.4 is 10.6 Å². The van der Waals surface area contributed by atoms with Crippen LogP contribution in [0, 0.1) is 0 Å².